The number of aromatic amines is 1. The lowest BCUT2D eigenvalue weighted by atomic mass is 10.0. The van der Waals surface area contributed by atoms with Crippen LogP contribution in [0, 0.1) is 6.92 Å². The Bertz CT molecular complexity index is 1280. The second kappa shape index (κ2) is 6.80. The molecule has 0 atom stereocenters. The summed E-state index contributed by atoms with van der Waals surface area (Å²) < 4.78 is 39.2. The second-order valence-corrected chi connectivity index (χ2v) is 6.78. The molecule has 29 heavy (non-hydrogen) atoms. The van der Waals surface area contributed by atoms with Crippen molar-refractivity contribution in [2.24, 2.45) is 0 Å². The Labute approximate surface area is 162 Å². The number of H-pyrrole nitrogens is 1. The Morgan fingerprint density at radius 1 is 1.00 bits per heavy atom. The fourth-order valence-corrected chi connectivity index (χ4v) is 3.26. The van der Waals surface area contributed by atoms with E-state index in [9.17, 15) is 22.8 Å². The maximum atomic E-state index is 13.1. The number of halogens is 3. The zero-order valence-corrected chi connectivity index (χ0v) is 15.3. The summed E-state index contributed by atoms with van der Waals surface area (Å²) >= 11 is 0. The third-order valence-electron chi connectivity index (χ3n) is 4.84. The van der Waals surface area contributed by atoms with Crippen molar-refractivity contribution >= 4 is 28.0 Å². The molecule has 0 radical (unpaired) electrons. The van der Waals surface area contributed by atoms with Crippen LogP contribution in [0.3, 0.4) is 0 Å². The Hall–Kier alpha value is -3.55. The van der Waals surface area contributed by atoms with Crippen LogP contribution in [0.1, 0.15) is 16.7 Å². The average molecular weight is 399 g/mol. The van der Waals surface area contributed by atoms with Crippen molar-refractivity contribution in [3.63, 3.8) is 0 Å². The molecule has 1 aromatic heterocycles. The maximum Gasteiger partial charge on any atom is 0.416 e. The highest BCUT2D eigenvalue weighted by molar-refractivity contribution is 5.95. The van der Waals surface area contributed by atoms with E-state index >= 15 is 0 Å². The molecule has 3 N–H and O–H groups in total. The summed E-state index contributed by atoms with van der Waals surface area (Å²) in [4.78, 5) is 27.0. The molecular weight excluding hydrogens is 383 g/mol. The van der Waals surface area contributed by atoms with E-state index in [0.717, 1.165) is 17.0 Å². The second-order valence-electron chi connectivity index (χ2n) is 6.78. The zero-order chi connectivity index (χ0) is 20.8. The molecule has 0 aliphatic carbocycles. The molecule has 0 saturated carbocycles. The molecular formula is C21H16F3N3O2. The number of hydrogen-bond acceptors (Lipinski definition) is 4. The number of benzene rings is 2. The number of alkyl halides is 3. The fraction of sp³-hybridized carbons (Fsp3) is 0.143. The first kappa shape index (κ1) is 18.8. The summed E-state index contributed by atoms with van der Waals surface area (Å²) in [6.07, 6.45) is -2.77. The molecule has 8 heteroatoms. The van der Waals surface area contributed by atoms with Crippen molar-refractivity contribution in [1.82, 2.24) is 4.98 Å². The molecule has 4 rings (SSSR count). The Morgan fingerprint density at radius 2 is 1.72 bits per heavy atom. The van der Waals surface area contributed by atoms with E-state index in [0.29, 0.717) is 11.3 Å². The number of nitrogens with one attached hydrogen (secondary N) is 3. The summed E-state index contributed by atoms with van der Waals surface area (Å²) in [6, 6.07) is 11.4. The van der Waals surface area contributed by atoms with Gasteiger partial charge in [-0.1, -0.05) is 30.3 Å². The van der Waals surface area contributed by atoms with E-state index < -0.39 is 22.6 Å². The van der Waals surface area contributed by atoms with Gasteiger partial charge in [-0.15, -0.1) is 0 Å². The van der Waals surface area contributed by atoms with Crippen molar-refractivity contribution in [3.8, 4) is 0 Å². The molecule has 4 aromatic rings. The lowest BCUT2D eigenvalue weighted by Gasteiger charge is -2.16. The standard InChI is InChI=1S/C21H16F3N3O2/c1-11-6-7-12(8-14(11)21(22,23)24)9-26-17-18(20(29)19(17)28)27-16-10-25-15-5-3-2-4-13(15)16/h2-8,10,25-27H,9H2,1H3. The van der Waals surface area contributed by atoms with Crippen molar-refractivity contribution in [2.75, 3.05) is 10.6 Å². The van der Waals surface area contributed by atoms with Crippen LogP contribution in [-0.2, 0) is 12.7 Å². The lowest BCUT2D eigenvalue weighted by Crippen LogP contribution is -2.36. The highest BCUT2D eigenvalue weighted by Gasteiger charge is 2.32. The number of rotatable bonds is 5. The van der Waals surface area contributed by atoms with Gasteiger partial charge in [0.15, 0.2) is 0 Å². The number of anilines is 3. The minimum Gasteiger partial charge on any atom is -0.376 e. The first-order valence-electron chi connectivity index (χ1n) is 8.83. The maximum absolute atomic E-state index is 13.1. The van der Waals surface area contributed by atoms with Gasteiger partial charge in [-0.3, -0.25) is 9.59 Å². The zero-order valence-electron chi connectivity index (χ0n) is 15.3. The van der Waals surface area contributed by atoms with Gasteiger partial charge in [0, 0.05) is 23.6 Å². The van der Waals surface area contributed by atoms with E-state index in [1.54, 1.807) is 12.3 Å². The third kappa shape index (κ3) is 3.37. The first-order chi connectivity index (χ1) is 13.8. The minimum absolute atomic E-state index is 0.0171. The van der Waals surface area contributed by atoms with Crippen molar-refractivity contribution in [2.45, 2.75) is 19.6 Å². The quantitative estimate of drug-likeness (QED) is 0.434. The molecule has 5 nitrogen and oxygen atoms in total. The van der Waals surface area contributed by atoms with E-state index in [2.05, 4.69) is 15.6 Å². The van der Waals surface area contributed by atoms with Gasteiger partial charge in [-0.2, -0.15) is 13.2 Å². The van der Waals surface area contributed by atoms with Gasteiger partial charge in [0.1, 0.15) is 11.4 Å². The number of aromatic nitrogens is 1. The summed E-state index contributed by atoms with van der Waals surface area (Å²) in [6.45, 7) is 1.37. The van der Waals surface area contributed by atoms with Crippen molar-refractivity contribution in [1.29, 1.82) is 0 Å². The van der Waals surface area contributed by atoms with Crippen LogP contribution in [0.2, 0.25) is 0 Å². The third-order valence-corrected chi connectivity index (χ3v) is 4.84. The van der Waals surface area contributed by atoms with E-state index in [1.807, 2.05) is 24.3 Å². The first-order valence-corrected chi connectivity index (χ1v) is 8.83. The van der Waals surface area contributed by atoms with Crippen LogP contribution in [-0.4, -0.2) is 4.98 Å². The summed E-state index contributed by atoms with van der Waals surface area (Å²) in [7, 11) is 0. The van der Waals surface area contributed by atoms with Gasteiger partial charge in [0.2, 0.25) is 0 Å². The van der Waals surface area contributed by atoms with Crippen molar-refractivity contribution < 1.29 is 13.2 Å². The number of hydrogen-bond donors (Lipinski definition) is 3. The fourth-order valence-electron chi connectivity index (χ4n) is 3.26. The molecule has 0 aliphatic heterocycles. The average Bonchev–Trinajstić information content (AvgIpc) is 3.10. The van der Waals surface area contributed by atoms with Crippen LogP contribution in [0.15, 0.2) is 58.3 Å². The van der Waals surface area contributed by atoms with Gasteiger partial charge in [-0.05, 0) is 30.2 Å². The van der Waals surface area contributed by atoms with Crippen LogP contribution in [0.25, 0.3) is 10.9 Å². The smallest absolute Gasteiger partial charge is 0.376 e. The molecule has 0 saturated heterocycles. The number of fused-ring (bicyclic) bond motifs is 1. The highest BCUT2D eigenvalue weighted by atomic mass is 19.4. The van der Waals surface area contributed by atoms with Gasteiger partial charge < -0.3 is 15.6 Å². The van der Waals surface area contributed by atoms with Crippen molar-refractivity contribution in [3.05, 3.63) is 85.8 Å². The van der Waals surface area contributed by atoms with E-state index in [-0.39, 0.29) is 23.5 Å². The Balaban J connectivity index is 1.57. The molecule has 0 bridgehead atoms. The van der Waals surface area contributed by atoms with Gasteiger partial charge in [-0.25, -0.2) is 0 Å². The molecule has 0 amide bonds. The van der Waals surface area contributed by atoms with Gasteiger partial charge in [0.25, 0.3) is 10.9 Å². The molecule has 0 aliphatic rings. The number of para-hydroxylation sites is 1. The molecule has 1 heterocycles. The monoisotopic (exact) mass is 399 g/mol. The normalized spacial score (nSPS) is 11.9. The molecule has 0 spiro atoms. The van der Waals surface area contributed by atoms with E-state index in [4.69, 9.17) is 0 Å². The molecule has 3 aromatic carbocycles. The summed E-state index contributed by atoms with van der Waals surface area (Å²) in [5, 5.41) is 6.59. The molecule has 148 valence electrons. The predicted molar refractivity (Wildman–Crippen MR) is 106 cm³/mol. The molecule has 0 fully saturated rings. The van der Waals surface area contributed by atoms with Crippen LogP contribution in [0.4, 0.5) is 30.2 Å². The van der Waals surface area contributed by atoms with Crippen LogP contribution >= 0.6 is 0 Å². The molecule has 0 unspecified atom stereocenters. The Kier molecular flexibility index (Phi) is 4.41. The van der Waals surface area contributed by atoms with Gasteiger partial charge in [0.05, 0.1) is 11.3 Å². The summed E-state index contributed by atoms with van der Waals surface area (Å²) in [5.41, 5.74) is 0.0449. The lowest BCUT2D eigenvalue weighted by molar-refractivity contribution is -0.138. The highest BCUT2D eigenvalue weighted by Crippen LogP contribution is 2.33. The SMILES string of the molecule is Cc1ccc(CNc2c(Nc3c[nH]c4ccccc34)c(=O)c2=O)cc1C(F)(F)F. The van der Waals surface area contributed by atoms with Crippen LogP contribution in [0.5, 0.6) is 0 Å². The number of aryl methyl sites for hydroxylation is 1. The van der Waals surface area contributed by atoms with E-state index in [1.165, 1.54) is 13.0 Å². The Morgan fingerprint density at radius 3 is 2.48 bits per heavy atom. The topological polar surface area (TPSA) is 74.0 Å². The minimum atomic E-state index is -4.45. The van der Waals surface area contributed by atoms with Crippen LogP contribution < -0.4 is 21.5 Å². The largest absolute Gasteiger partial charge is 0.416 e. The summed E-state index contributed by atoms with van der Waals surface area (Å²) in [5.74, 6) is 0. The predicted octanol–water partition coefficient (Wildman–Crippen LogP) is 4.45. The van der Waals surface area contributed by atoms with Gasteiger partial charge >= 0.3 is 6.18 Å².